The number of nitrogens with one attached hydrogen (secondary N) is 1. The Kier molecular flexibility index (Phi) is 4.63. The number of β-amino-alcohol motifs (C(OH)–C–C–N with tert-alkyl or cyclic N) is 1. The van der Waals surface area contributed by atoms with Crippen LogP contribution in [0, 0.1) is 11.3 Å². The van der Waals surface area contributed by atoms with Gasteiger partial charge in [0.1, 0.15) is 5.70 Å². The summed E-state index contributed by atoms with van der Waals surface area (Å²) in [6.07, 6.45) is 1.14. The molecule has 0 aromatic heterocycles. The average molecular weight is 371 g/mol. The summed E-state index contributed by atoms with van der Waals surface area (Å²) in [7, 11) is 0. The van der Waals surface area contributed by atoms with Crippen molar-refractivity contribution in [1.29, 1.82) is 5.26 Å². The quantitative estimate of drug-likeness (QED) is 0.786. The third-order valence-corrected chi connectivity index (χ3v) is 3.69. The lowest BCUT2D eigenvalue weighted by molar-refractivity contribution is -0.137. The summed E-state index contributed by atoms with van der Waals surface area (Å²) >= 11 is 9.30. The predicted molar refractivity (Wildman–Crippen MR) is 79.4 cm³/mol. The minimum Gasteiger partial charge on any atom is -0.395 e. The maximum absolute atomic E-state index is 12.0. The number of rotatable bonds is 4. The van der Waals surface area contributed by atoms with Crippen molar-refractivity contribution in [2.75, 3.05) is 18.5 Å². The number of imide groups is 1. The van der Waals surface area contributed by atoms with E-state index in [1.54, 1.807) is 6.07 Å². The van der Waals surface area contributed by atoms with E-state index in [0.29, 0.717) is 15.7 Å². The molecule has 6 nitrogen and oxygen atoms in total. The van der Waals surface area contributed by atoms with Gasteiger partial charge in [-0.15, -0.1) is 0 Å². The van der Waals surface area contributed by atoms with Crippen LogP contribution in [-0.2, 0) is 9.59 Å². The number of anilines is 1. The summed E-state index contributed by atoms with van der Waals surface area (Å²) < 4.78 is 0.494. The number of amides is 2. The molecule has 1 aliphatic rings. The van der Waals surface area contributed by atoms with Crippen LogP contribution in [0.25, 0.3) is 0 Å². The lowest BCUT2D eigenvalue weighted by Gasteiger charge is -2.14. The zero-order valence-corrected chi connectivity index (χ0v) is 12.9. The Hall–Kier alpha value is -1.88. The van der Waals surface area contributed by atoms with Crippen molar-refractivity contribution in [2.45, 2.75) is 0 Å². The van der Waals surface area contributed by atoms with Gasteiger partial charge in [0.2, 0.25) is 0 Å². The molecule has 2 rings (SSSR count). The number of aliphatic hydroxyl groups is 1. The van der Waals surface area contributed by atoms with Crippen molar-refractivity contribution in [3.05, 3.63) is 39.0 Å². The Balaban J connectivity index is 2.28. The van der Waals surface area contributed by atoms with Crippen LogP contribution in [0.1, 0.15) is 5.56 Å². The number of hydrogen-bond donors (Lipinski definition) is 2. The van der Waals surface area contributed by atoms with Crippen LogP contribution in [0.15, 0.2) is 28.4 Å². The largest absolute Gasteiger partial charge is 0.395 e. The van der Waals surface area contributed by atoms with Crippen LogP contribution < -0.4 is 5.32 Å². The number of carbonyl (C=O) groups excluding carboxylic acids is 2. The molecule has 8 heteroatoms. The van der Waals surface area contributed by atoms with Gasteiger partial charge >= 0.3 is 0 Å². The molecular weight excluding hydrogens is 362 g/mol. The summed E-state index contributed by atoms with van der Waals surface area (Å²) in [5.74, 6) is -1.04. The van der Waals surface area contributed by atoms with Crippen LogP contribution in [-0.4, -0.2) is 35.0 Å². The van der Waals surface area contributed by atoms with E-state index in [1.807, 2.05) is 6.07 Å². The van der Waals surface area contributed by atoms with Gasteiger partial charge in [0.25, 0.3) is 11.8 Å². The molecular formula is C13H9BrClN3O3. The first kappa shape index (κ1) is 15.5. The van der Waals surface area contributed by atoms with E-state index in [4.69, 9.17) is 22.0 Å². The fourth-order valence-electron chi connectivity index (χ4n) is 1.80. The van der Waals surface area contributed by atoms with Crippen molar-refractivity contribution < 1.29 is 14.7 Å². The maximum Gasteiger partial charge on any atom is 0.277 e. The van der Waals surface area contributed by atoms with E-state index in [9.17, 15) is 9.59 Å². The molecule has 1 aliphatic heterocycles. The number of aliphatic hydroxyl groups excluding tert-OH is 1. The summed E-state index contributed by atoms with van der Waals surface area (Å²) in [4.78, 5) is 24.6. The fourth-order valence-corrected chi connectivity index (χ4v) is 2.74. The molecule has 2 N–H and O–H groups in total. The molecule has 0 fully saturated rings. The molecule has 0 spiro atoms. The van der Waals surface area contributed by atoms with Gasteiger partial charge in [-0.25, -0.2) is 0 Å². The Morgan fingerprint density at radius 3 is 2.71 bits per heavy atom. The highest BCUT2D eigenvalue weighted by Gasteiger charge is 2.31. The first-order chi connectivity index (χ1) is 9.97. The molecule has 21 heavy (non-hydrogen) atoms. The van der Waals surface area contributed by atoms with E-state index >= 15 is 0 Å². The number of carbonyl (C=O) groups is 2. The highest BCUT2D eigenvalue weighted by Crippen LogP contribution is 2.33. The lowest BCUT2D eigenvalue weighted by Crippen LogP contribution is -2.34. The molecule has 0 bridgehead atoms. The van der Waals surface area contributed by atoms with Gasteiger partial charge in [-0.2, -0.15) is 5.26 Å². The summed E-state index contributed by atoms with van der Waals surface area (Å²) in [5.41, 5.74) is 0.803. The summed E-state index contributed by atoms with van der Waals surface area (Å²) in [6.45, 7) is -0.373. The van der Waals surface area contributed by atoms with Crippen molar-refractivity contribution in [3.63, 3.8) is 0 Å². The van der Waals surface area contributed by atoms with E-state index in [1.165, 1.54) is 6.07 Å². The number of nitrogens with zero attached hydrogens (tertiary/aromatic N) is 2. The van der Waals surface area contributed by atoms with Crippen LogP contribution in [0.3, 0.4) is 0 Å². The van der Waals surface area contributed by atoms with Crippen LogP contribution >= 0.6 is 27.5 Å². The van der Waals surface area contributed by atoms with E-state index in [0.717, 1.165) is 11.0 Å². The molecule has 1 heterocycles. The molecule has 0 unspecified atom stereocenters. The SMILES string of the molecule is N#Cc1cc(Cl)c(NC2=CC(=O)N(CCO)C2=O)c(Br)c1. The Bertz CT molecular complexity index is 673. The molecule has 0 radical (unpaired) electrons. The van der Waals surface area contributed by atoms with Gasteiger partial charge in [0.05, 0.1) is 35.5 Å². The summed E-state index contributed by atoms with van der Waals surface area (Å²) in [6, 6.07) is 4.94. The number of benzene rings is 1. The average Bonchev–Trinajstić information content (AvgIpc) is 2.70. The minimum atomic E-state index is -0.540. The van der Waals surface area contributed by atoms with Gasteiger partial charge in [-0.1, -0.05) is 11.6 Å². The van der Waals surface area contributed by atoms with E-state index in [2.05, 4.69) is 21.2 Å². The standard InChI is InChI=1S/C13H9BrClN3O3/c14-8-3-7(6-16)4-9(15)12(8)17-10-5-11(20)18(1-2-19)13(10)21/h3-5,17,19H,1-2H2. The van der Waals surface area contributed by atoms with Crippen molar-refractivity contribution in [3.8, 4) is 6.07 Å². The van der Waals surface area contributed by atoms with Crippen LogP contribution in [0.2, 0.25) is 5.02 Å². The molecule has 0 saturated carbocycles. The monoisotopic (exact) mass is 369 g/mol. The highest BCUT2D eigenvalue weighted by molar-refractivity contribution is 9.10. The van der Waals surface area contributed by atoms with Gasteiger partial charge in [0, 0.05) is 10.5 Å². The topological polar surface area (TPSA) is 93.4 Å². The molecule has 1 aromatic rings. The third-order valence-electron chi connectivity index (χ3n) is 2.76. The molecule has 2 amide bonds. The van der Waals surface area contributed by atoms with Gasteiger partial charge in [-0.3, -0.25) is 14.5 Å². The van der Waals surface area contributed by atoms with Gasteiger partial charge in [0.15, 0.2) is 0 Å². The first-order valence-corrected chi connectivity index (χ1v) is 6.99. The number of hydrogen-bond acceptors (Lipinski definition) is 5. The van der Waals surface area contributed by atoms with Crippen LogP contribution in [0.4, 0.5) is 5.69 Å². The fraction of sp³-hybridized carbons (Fsp3) is 0.154. The smallest absolute Gasteiger partial charge is 0.277 e. The first-order valence-electron chi connectivity index (χ1n) is 5.82. The Morgan fingerprint density at radius 2 is 2.14 bits per heavy atom. The molecule has 108 valence electrons. The van der Waals surface area contributed by atoms with Gasteiger partial charge < -0.3 is 10.4 Å². The second-order valence-corrected chi connectivity index (χ2v) is 5.39. The van der Waals surface area contributed by atoms with Crippen molar-refractivity contribution in [1.82, 2.24) is 4.90 Å². The van der Waals surface area contributed by atoms with E-state index < -0.39 is 11.8 Å². The molecule has 0 saturated heterocycles. The van der Waals surface area contributed by atoms with Crippen LogP contribution in [0.5, 0.6) is 0 Å². The molecule has 0 atom stereocenters. The van der Waals surface area contributed by atoms with Gasteiger partial charge in [-0.05, 0) is 28.1 Å². The Morgan fingerprint density at radius 1 is 1.43 bits per heavy atom. The second-order valence-electron chi connectivity index (χ2n) is 4.13. The third kappa shape index (κ3) is 3.08. The van der Waals surface area contributed by atoms with E-state index in [-0.39, 0.29) is 23.9 Å². The molecule has 0 aliphatic carbocycles. The summed E-state index contributed by atoms with van der Waals surface area (Å²) in [5, 5.41) is 20.7. The lowest BCUT2D eigenvalue weighted by atomic mass is 10.2. The highest BCUT2D eigenvalue weighted by atomic mass is 79.9. The minimum absolute atomic E-state index is 0.0563. The number of halogens is 2. The van der Waals surface area contributed by atoms with Crippen molar-refractivity contribution in [2.24, 2.45) is 0 Å². The second kappa shape index (κ2) is 6.26. The van der Waals surface area contributed by atoms with Crippen molar-refractivity contribution >= 4 is 45.0 Å². The molecule has 1 aromatic carbocycles. The normalized spacial score (nSPS) is 14.2. The zero-order chi connectivity index (χ0) is 15.6. The number of nitriles is 1. The maximum atomic E-state index is 12.0. The predicted octanol–water partition coefficient (Wildman–Crippen LogP) is 1.63. The Labute approximate surface area is 133 Å². The zero-order valence-electron chi connectivity index (χ0n) is 10.6.